The number of aryl methyl sites for hydroxylation is 1. The fourth-order valence-electron chi connectivity index (χ4n) is 2.65. The molecule has 0 bridgehead atoms. The highest BCUT2D eigenvalue weighted by molar-refractivity contribution is 7.86. The van der Waals surface area contributed by atoms with Crippen LogP contribution in [-0.2, 0) is 16.5 Å². The first kappa shape index (κ1) is 24.7. The van der Waals surface area contributed by atoms with E-state index in [0.29, 0.717) is 11.1 Å². The van der Waals surface area contributed by atoms with Gasteiger partial charge in [0, 0.05) is 11.1 Å². The minimum absolute atomic E-state index is 0.211. The van der Waals surface area contributed by atoms with E-state index < -0.39 is 38.7 Å². The van der Waals surface area contributed by atoms with Gasteiger partial charge in [0.25, 0.3) is 10.1 Å². The van der Waals surface area contributed by atoms with Crippen molar-refractivity contribution in [2.24, 2.45) is 32.4 Å². The third-order valence-corrected chi connectivity index (χ3v) is 5.01. The summed E-state index contributed by atoms with van der Waals surface area (Å²) in [4.78, 5) is 2.81. The summed E-state index contributed by atoms with van der Waals surface area (Å²) >= 11 is 0. The fourth-order valence-corrected chi connectivity index (χ4v) is 3.30. The van der Waals surface area contributed by atoms with Gasteiger partial charge >= 0.3 is 0 Å². The number of phenols is 1. The molecule has 0 aliphatic heterocycles. The molecule has 10 N–H and O–H groups in total. The van der Waals surface area contributed by atoms with Crippen LogP contribution in [0.25, 0.3) is 10.8 Å². The zero-order valence-corrected chi connectivity index (χ0v) is 18.1. The van der Waals surface area contributed by atoms with Gasteiger partial charge in [-0.05, 0) is 35.6 Å². The smallest absolute Gasteiger partial charge is 0.296 e. The van der Waals surface area contributed by atoms with Crippen molar-refractivity contribution < 1.29 is 18.1 Å². The highest BCUT2D eigenvalue weighted by Gasteiger charge is 2.22. The van der Waals surface area contributed by atoms with Gasteiger partial charge in [0.1, 0.15) is 10.6 Å². The van der Waals surface area contributed by atoms with Gasteiger partial charge in [-0.2, -0.15) is 8.42 Å². The van der Waals surface area contributed by atoms with Gasteiger partial charge < -0.3 is 16.6 Å². The number of azo groups is 1. The molecule has 0 heterocycles. The second kappa shape index (κ2) is 10.6. The summed E-state index contributed by atoms with van der Waals surface area (Å²) in [6, 6.07) is 16.0. The summed E-state index contributed by atoms with van der Waals surface area (Å²) in [5.41, 5.74) is 22.6. The molecule has 0 saturated carbocycles. The number of aliphatic imine (C=N–C) groups is 1. The van der Waals surface area contributed by atoms with Gasteiger partial charge in [-0.15, -0.1) is 10.2 Å². The van der Waals surface area contributed by atoms with Crippen LogP contribution in [0.1, 0.15) is 12.5 Å². The zero-order chi connectivity index (χ0) is 23.9. The monoisotopic (exact) mass is 459 g/mol. The Labute approximate surface area is 185 Å². The highest BCUT2D eigenvalue weighted by Crippen LogP contribution is 2.41. The summed E-state index contributed by atoms with van der Waals surface area (Å²) in [7, 11) is -4.70. The topological polar surface area (TPSA) is 216 Å². The lowest BCUT2D eigenvalue weighted by Gasteiger charge is -2.09. The Morgan fingerprint density at radius 1 is 1.09 bits per heavy atom. The second-order valence-corrected chi connectivity index (χ2v) is 7.93. The van der Waals surface area contributed by atoms with Crippen LogP contribution in [-0.4, -0.2) is 30.3 Å². The van der Waals surface area contributed by atoms with Gasteiger partial charge in [-0.25, -0.2) is 4.99 Å². The SMILES string of the molecule is CCc1ccccc1.N/C(N=Nc1c(S(=O)(=O)O)cc2ccc(N)cc2c1O)=N\C(N)N. The van der Waals surface area contributed by atoms with E-state index in [0.717, 1.165) is 12.5 Å². The number of anilines is 1. The number of rotatable bonds is 4. The van der Waals surface area contributed by atoms with Crippen LogP contribution in [0.5, 0.6) is 5.75 Å². The van der Waals surface area contributed by atoms with E-state index >= 15 is 0 Å². The van der Waals surface area contributed by atoms with Crippen LogP contribution in [0.2, 0.25) is 0 Å². The van der Waals surface area contributed by atoms with Crippen LogP contribution in [0.15, 0.2) is 74.7 Å². The number of nitrogen functional groups attached to an aromatic ring is 1. The number of guanidine groups is 1. The molecule has 0 unspecified atom stereocenters. The van der Waals surface area contributed by atoms with Crippen molar-refractivity contribution in [2.45, 2.75) is 24.5 Å². The van der Waals surface area contributed by atoms with Gasteiger partial charge in [0.15, 0.2) is 12.0 Å². The van der Waals surface area contributed by atoms with Crippen molar-refractivity contribution in [3.63, 3.8) is 0 Å². The van der Waals surface area contributed by atoms with E-state index in [4.69, 9.17) is 22.9 Å². The van der Waals surface area contributed by atoms with E-state index in [-0.39, 0.29) is 5.39 Å². The number of hydrogen-bond acceptors (Lipinski definition) is 8. The van der Waals surface area contributed by atoms with Crippen LogP contribution in [0.3, 0.4) is 0 Å². The Kier molecular flexibility index (Phi) is 8.21. The molecular formula is C20H25N7O4S. The Balaban J connectivity index is 0.000000380. The second-order valence-electron chi connectivity index (χ2n) is 6.54. The molecule has 0 aliphatic carbocycles. The minimum atomic E-state index is -4.70. The van der Waals surface area contributed by atoms with Crippen LogP contribution in [0, 0.1) is 0 Å². The highest BCUT2D eigenvalue weighted by atomic mass is 32.2. The van der Waals surface area contributed by atoms with Gasteiger partial charge in [0.05, 0.1) is 0 Å². The molecule has 3 rings (SSSR count). The zero-order valence-electron chi connectivity index (χ0n) is 17.3. The Hall–Kier alpha value is -3.58. The van der Waals surface area contributed by atoms with Crippen LogP contribution < -0.4 is 22.9 Å². The lowest BCUT2D eigenvalue weighted by Crippen LogP contribution is -2.30. The Morgan fingerprint density at radius 3 is 2.28 bits per heavy atom. The molecule has 0 atom stereocenters. The molecule has 11 nitrogen and oxygen atoms in total. The number of aromatic hydroxyl groups is 1. The van der Waals surface area contributed by atoms with Gasteiger partial charge in [-0.3, -0.25) is 16.0 Å². The van der Waals surface area contributed by atoms with E-state index in [1.54, 1.807) is 0 Å². The summed E-state index contributed by atoms with van der Waals surface area (Å²) in [6.07, 6.45) is -0.00380. The summed E-state index contributed by atoms with van der Waals surface area (Å²) in [5.74, 6) is -1.00. The molecule has 170 valence electrons. The average Bonchev–Trinajstić information content (AvgIpc) is 2.73. The molecule has 0 amide bonds. The molecule has 0 saturated heterocycles. The van der Waals surface area contributed by atoms with E-state index in [1.165, 1.54) is 23.8 Å². The summed E-state index contributed by atoms with van der Waals surface area (Å²) in [5, 5.41) is 17.8. The first-order valence-electron chi connectivity index (χ1n) is 9.35. The number of phenolic OH excluding ortho intramolecular Hbond substituents is 1. The Bertz CT molecular complexity index is 1240. The van der Waals surface area contributed by atoms with Crippen molar-refractivity contribution in [1.82, 2.24) is 0 Å². The van der Waals surface area contributed by atoms with Crippen molar-refractivity contribution in [3.8, 4) is 5.75 Å². The fraction of sp³-hybridized carbons (Fsp3) is 0.150. The van der Waals surface area contributed by atoms with Crippen molar-refractivity contribution in [1.29, 1.82) is 0 Å². The minimum Gasteiger partial charge on any atom is -0.505 e. The Morgan fingerprint density at radius 2 is 1.75 bits per heavy atom. The predicted molar refractivity (Wildman–Crippen MR) is 124 cm³/mol. The largest absolute Gasteiger partial charge is 0.505 e. The third kappa shape index (κ3) is 6.72. The normalized spacial score (nSPS) is 12.2. The summed E-state index contributed by atoms with van der Waals surface area (Å²) in [6.45, 7) is 2.16. The van der Waals surface area contributed by atoms with Crippen molar-refractivity contribution >= 4 is 38.2 Å². The van der Waals surface area contributed by atoms with Crippen molar-refractivity contribution in [2.75, 3.05) is 5.73 Å². The number of hydrogen-bond donors (Lipinski definition) is 6. The van der Waals surface area contributed by atoms with E-state index in [9.17, 15) is 18.1 Å². The lowest BCUT2D eigenvalue weighted by atomic mass is 10.1. The molecule has 12 heteroatoms. The van der Waals surface area contributed by atoms with Gasteiger partial charge in [-0.1, -0.05) is 43.3 Å². The predicted octanol–water partition coefficient (Wildman–Crippen LogP) is 2.22. The molecule has 0 fully saturated rings. The average molecular weight is 460 g/mol. The van der Waals surface area contributed by atoms with Crippen LogP contribution >= 0.6 is 0 Å². The maximum absolute atomic E-state index is 11.6. The third-order valence-electron chi connectivity index (χ3n) is 4.14. The van der Waals surface area contributed by atoms with E-state index in [1.807, 2.05) is 6.07 Å². The first-order chi connectivity index (χ1) is 15.0. The molecule has 3 aromatic carbocycles. The van der Waals surface area contributed by atoms with Crippen molar-refractivity contribution in [3.05, 3.63) is 60.2 Å². The molecule has 0 radical (unpaired) electrons. The lowest BCUT2D eigenvalue weighted by molar-refractivity contribution is 0.472. The number of benzene rings is 3. The van der Waals surface area contributed by atoms with Crippen LogP contribution in [0.4, 0.5) is 11.4 Å². The maximum Gasteiger partial charge on any atom is 0.296 e. The number of nitrogens with two attached hydrogens (primary N) is 4. The number of nitrogens with zero attached hydrogens (tertiary/aromatic N) is 3. The molecule has 0 aliphatic rings. The maximum atomic E-state index is 11.6. The van der Waals surface area contributed by atoms with Gasteiger partial charge in [0.2, 0.25) is 5.96 Å². The van der Waals surface area contributed by atoms with E-state index in [2.05, 4.69) is 46.4 Å². The molecule has 3 aromatic rings. The quantitative estimate of drug-likeness (QED) is 0.0846. The molecule has 32 heavy (non-hydrogen) atoms. The standard InChI is InChI=1S/C12H15N7O4S.C8H10/c13-6-2-1-5-3-8(24(21,22)23)9(10(20)7(5)4-6)18-19-12(16)17-11(14)15;1-2-8-6-4-3-5-7-8/h1-4,11,20H,13-15H2,(H2,16,17)(H,21,22,23);3-7H,2H2,1H3. The summed E-state index contributed by atoms with van der Waals surface area (Å²) < 4.78 is 32.5. The first-order valence-corrected chi connectivity index (χ1v) is 10.8. The molecule has 0 spiro atoms. The number of fused-ring (bicyclic) bond motifs is 1. The molecule has 0 aromatic heterocycles. The molecular weight excluding hydrogens is 434 g/mol.